The molecule has 0 saturated carbocycles. The predicted octanol–water partition coefficient (Wildman–Crippen LogP) is 1.08. The zero-order valence-electron chi connectivity index (χ0n) is 9.47. The molecule has 3 N–H and O–H groups in total. The van der Waals surface area contributed by atoms with E-state index in [1.54, 1.807) is 13.0 Å². The molecule has 0 amide bonds. The highest BCUT2D eigenvalue weighted by Crippen LogP contribution is 2.15. The van der Waals surface area contributed by atoms with Gasteiger partial charge < -0.3 is 15.6 Å². The highest BCUT2D eigenvalue weighted by Gasteiger charge is 2.05. The lowest BCUT2D eigenvalue weighted by Crippen LogP contribution is -2.04. The second kappa shape index (κ2) is 5.00. The van der Waals surface area contributed by atoms with Gasteiger partial charge in [0.2, 0.25) is 5.89 Å². The van der Waals surface area contributed by atoms with Gasteiger partial charge in [-0.25, -0.2) is 9.97 Å². The van der Waals surface area contributed by atoms with Crippen LogP contribution in [0.2, 0.25) is 0 Å². The maximum atomic E-state index is 5.65. The highest BCUT2D eigenvalue weighted by atomic mass is 32.2. The molecule has 0 atom stereocenters. The van der Waals surface area contributed by atoms with Crippen molar-refractivity contribution in [2.75, 3.05) is 17.3 Å². The molecule has 0 saturated heterocycles. The number of nitrogens with zero attached hydrogens (tertiary/aromatic N) is 4. The van der Waals surface area contributed by atoms with Crippen LogP contribution >= 0.6 is 11.8 Å². The van der Waals surface area contributed by atoms with Gasteiger partial charge >= 0.3 is 0 Å². The van der Waals surface area contributed by atoms with Crippen LogP contribution in [-0.4, -0.2) is 26.4 Å². The zero-order chi connectivity index (χ0) is 12.3. The van der Waals surface area contributed by atoms with Gasteiger partial charge in [-0.3, -0.25) is 0 Å². The molecule has 2 rings (SSSR count). The van der Waals surface area contributed by atoms with Crippen molar-refractivity contribution >= 4 is 23.4 Å². The summed E-state index contributed by atoms with van der Waals surface area (Å²) in [5, 5.41) is 7.36. The van der Waals surface area contributed by atoms with Crippen LogP contribution in [0.15, 0.2) is 15.7 Å². The molecule has 8 heteroatoms. The van der Waals surface area contributed by atoms with Crippen molar-refractivity contribution < 1.29 is 4.52 Å². The summed E-state index contributed by atoms with van der Waals surface area (Å²) in [6, 6.07) is 1.66. The number of aromatic nitrogens is 4. The fraction of sp³-hybridized carbons (Fsp3) is 0.333. The minimum atomic E-state index is 0.408. The van der Waals surface area contributed by atoms with E-state index in [2.05, 4.69) is 25.4 Å². The molecule has 0 radical (unpaired) electrons. The lowest BCUT2D eigenvalue weighted by atomic mass is 10.5. The number of nitrogen functional groups attached to an aromatic ring is 1. The molecule has 2 heterocycles. The maximum absolute atomic E-state index is 5.65. The third-order valence-corrected chi connectivity index (χ3v) is 2.45. The second-order valence-corrected chi connectivity index (χ2v) is 4.03. The van der Waals surface area contributed by atoms with Crippen molar-refractivity contribution in [2.24, 2.45) is 0 Å². The Labute approximate surface area is 102 Å². The molecule has 0 unspecified atom stereocenters. The van der Waals surface area contributed by atoms with Crippen LogP contribution in [0.25, 0.3) is 0 Å². The van der Waals surface area contributed by atoms with E-state index in [4.69, 9.17) is 10.3 Å². The van der Waals surface area contributed by atoms with E-state index < -0.39 is 0 Å². The number of anilines is 2. The van der Waals surface area contributed by atoms with Gasteiger partial charge in [-0.15, -0.1) is 0 Å². The van der Waals surface area contributed by atoms with Gasteiger partial charge in [0.25, 0.3) is 0 Å². The number of aryl methyl sites for hydroxylation is 1. The molecular weight excluding hydrogens is 240 g/mol. The molecule has 0 spiro atoms. The Bertz CT molecular complexity index is 514. The Morgan fingerprint density at radius 3 is 2.88 bits per heavy atom. The minimum Gasteiger partial charge on any atom is -0.383 e. The summed E-state index contributed by atoms with van der Waals surface area (Å²) < 4.78 is 4.97. The van der Waals surface area contributed by atoms with E-state index in [1.165, 1.54) is 11.8 Å². The summed E-state index contributed by atoms with van der Waals surface area (Å²) in [4.78, 5) is 12.4. The van der Waals surface area contributed by atoms with Gasteiger partial charge in [0, 0.05) is 6.07 Å². The van der Waals surface area contributed by atoms with Crippen molar-refractivity contribution in [1.29, 1.82) is 0 Å². The van der Waals surface area contributed by atoms with Gasteiger partial charge in [0.05, 0.1) is 6.54 Å². The van der Waals surface area contributed by atoms with Crippen molar-refractivity contribution in [3.8, 4) is 0 Å². The van der Waals surface area contributed by atoms with Crippen LogP contribution < -0.4 is 11.1 Å². The van der Waals surface area contributed by atoms with Crippen LogP contribution in [0.5, 0.6) is 0 Å². The number of hydrogen-bond acceptors (Lipinski definition) is 8. The van der Waals surface area contributed by atoms with Gasteiger partial charge in [0.1, 0.15) is 11.6 Å². The number of thioether (sulfide) groups is 1. The van der Waals surface area contributed by atoms with Crippen molar-refractivity contribution in [3.05, 3.63) is 17.8 Å². The molecule has 2 aromatic heterocycles. The first-order valence-electron chi connectivity index (χ1n) is 4.89. The molecule has 0 aliphatic rings. The first-order chi connectivity index (χ1) is 8.17. The largest absolute Gasteiger partial charge is 0.383 e. The van der Waals surface area contributed by atoms with E-state index in [1.807, 2.05) is 6.26 Å². The van der Waals surface area contributed by atoms with Crippen LogP contribution in [0.3, 0.4) is 0 Å². The van der Waals surface area contributed by atoms with E-state index in [9.17, 15) is 0 Å². The smallest absolute Gasteiger partial charge is 0.245 e. The molecule has 0 fully saturated rings. The van der Waals surface area contributed by atoms with Gasteiger partial charge in [-0.05, 0) is 13.2 Å². The number of hydrogen-bond donors (Lipinski definition) is 2. The third-order valence-electron chi connectivity index (χ3n) is 1.90. The Kier molecular flexibility index (Phi) is 3.43. The Morgan fingerprint density at radius 2 is 2.24 bits per heavy atom. The Morgan fingerprint density at radius 1 is 1.41 bits per heavy atom. The molecule has 17 heavy (non-hydrogen) atoms. The summed E-state index contributed by atoms with van der Waals surface area (Å²) in [6.07, 6.45) is 1.89. The summed E-state index contributed by atoms with van der Waals surface area (Å²) in [7, 11) is 0. The number of nitrogens with one attached hydrogen (secondary N) is 1. The topological polar surface area (TPSA) is 103 Å². The quantitative estimate of drug-likeness (QED) is 0.615. The fourth-order valence-electron chi connectivity index (χ4n) is 1.20. The molecular formula is C9H12N6OS. The summed E-state index contributed by atoms with van der Waals surface area (Å²) in [5.74, 6) is 2.17. The van der Waals surface area contributed by atoms with E-state index in [0.717, 1.165) is 0 Å². The van der Waals surface area contributed by atoms with E-state index in [0.29, 0.717) is 35.1 Å². The summed E-state index contributed by atoms with van der Waals surface area (Å²) in [5.41, 5.74) is 5.65. The minimum absolute atomic E-state index is 0.408. The van der Waals surface area contributed by atoms with Crippen LogP contribution in [0.4, 0.5) is 11.6 Å². The Hall–Kier alpha value is -1.83. The monoisotopic (exact) mass is 252 g/mol. The predicted molar refractivity (Wildman–Crippen MR) is 64.6 cm³/mol. The Balaban J connectivity index is 2.05. The molecule has 7 nitrogen and oxygen atoms in total. The third kappa shape index (κ3) is 3.06. The SMILES string of the molecule is CSc1nc(N)cc(NCc2nc(C)no2)n1. The first kappa shape index (κ1) is 11.6. The molecule has 90 valence electrons. The van der Waals surface area contributed by atoms with Crippen LogP contribution in [0.1, 0.15) is 11.7 Å². The second-order valence-electron chi connectivity index (χ2n) is 3.25. The summed E-state index contributed by atoms with van der Waals surface area (Å²) in [6.45, 7) is 2.17. The number of rotatable bonds is 4. The fourth-order valence-corrected chi connectivity index (χ4v) is 1.59. The highest BCUT2D eigenvalue weighted by molar-refractivity contribution is 7.98. The van der Waals surface area contributed by atoms with E-state index in [-0.39, 0.29) is 0 Å². The molecule has 2 aromatic rings. The van der Waals surface area contributed by atoms with E-state index >= 15 is 0 Å². The summed E-state index contributed by atoms with van der Waals surface area (Å²) >= 11 is 1.43. The van der Waals surface area contributed by atoms with Crippen molar-refractivity contribution in [2.45, 2.75) is 18.6 Å². The van der Waals surface area contributed by atoms with Crippen LogP contribution in [0, 0.1) is 6.92 Å². The number of nitrogens with two attached hydrogens (primary N) is 1. The van der Waals surface area contributed by atoms with Gasteiger partial charge in [-0.2, -0.15) is 4.98 Å². The van der Waals surface area contributed by atoms with Crippen molar-refractivity contribution in [3.63, 3.8) is 0 Å². The average Bonchev–Trinajstić information content (AvgIpc) is 2.72. The molecule has 0 aromatic carbocycles. The lowest BCUT2D eigenvalue weighted by Gasteiger charge is -2.04. The first-order valence-corrected chi connectivity index (χ1v) is 6.11. The lowest BCUT2D eigenvalue weighted by molar-refractivity contribution is 0.379. The molecule has 0 aliphatic heterocycles. The molecule has 0 aliphatic carbocycles. The van der Waals surface area contributed by atoms with Crippen LogP contribution in [-0.2, 0) is 6.54 Å². The van der Waals surface area contributed by atoms with Gasteiger partial charge in [0.15, 0.2) is 11.0 Å². The normalized spacial score (nSPS) is 10.5. The average molecular weight is 252 g/mol. The standard InChI is InChI=1S/C9H12N6OS/c1-5-12-8(16-15-5)4-11-7-3-6(10)13-9(14-7)17-2/h3H,4H2,1-2H3,(H3,10,11,13,14). The zero-order valence-corrected chi connectivity index (χ0v) is 10.3. The maximum Gasteiger partial charge on any atom is 0.245 e. The molecule has 0 bridgehead atoms. The van der Waals surface area contributed by atoms with Crippen molar-refractivity contribution in [1.82, 2.24) is 20.1 Å². The van der Waals surface area contributed by atoms with Gasteiger partial charge in [-0.1, -0.05) is 16.9 Å².